The van der Waals surface area contributed by atoms with Gasteiger partial charge in [-0.15, -0.1) is 0 Å². The fourth-order valence-corrected chi connectivity index (χ4v) is 3.51. The second kappa shape index (κ2) is 6.23. The molecule has 1 unspecified atom stereocenters. The van der Waals surface area contributed by atoms with Crippen LogP contribution in [0.4, 0.5) is 15.2 Å². The van der Waals surface area contributed by atoms with Crippen molar-refractivity contribution in [3.63, 3.8) is 0 Å². The predicted octanol–water partition coefficient (Wildman–Crippen LogP) is 2.68. The van der Waals surface area contributed by atoms with Crippen molar-refractivity contribution in [3.05, 3.63) is 54.3 Å². The normalized spacial score (nSPS) is 17.5. The van der Waals surface area contributed by atoms with Crippen molar-refractivity contribution in [2.24, 2.45) is 0 Å². The SMILES string of the molecule is O=C1CC(NNc2nc3ccccc3s2)C(=O)N1c1ccc(F)cc1. The first kappa shape index (κ1) is 15.7. The van der Waals surface area contributed by atoms with Crippen LogP contribution in [-0.2, 0) is 9.59 Å². The number of carbonyl (C=O) groups excluding carboxylic acids is 2. The number of nitrogens with zero attached hydrogens (tertiary/aromatic N) is 2. The Kier molecular flexibility index (Phi) is 3.90. The van der Waals surface area contributed by atoms with E-state index in [4.69, 9.17) is 0 Å². The van der Waals surface area contributed by atoms with Crippen molar-refractivity contribution >= 4 is 44.2 Å². The largest absolute Gasteiger partial charge is 0.296 e. The Balaban J connectivity index is 1.47. The number of benzene rings is 2. The van der Waals surface area contributed by atoms with E-state index in [0.717, 1.165) is 15.1 Å². The van der Waals surface area contributed by atoms with Crippen LogP contribution in [0.25, 0.3) is 10.2 Å². The van der Waals surface area contributed by atoms with Gasteiger partial charge in [0.25, 0.3) is 5.91 Å². The maximum atomic E-state index is 13.0. The Hall–Kier alpha value is -2.84. The van der Waals surface area contributed by atoms with Crippen molar-refractivity contribution in [3.8, 4) is 0 Å². The van der Waals surface area contributed by atoms with E-state index in [9.17, 15) is 14.0 Å². The zero-order valence-electron chi connectivity index (χ0n) is 12.9. The number of hydrogen-bond donors (Lipinski definition) is 2. The lowest BCUT2D eigenvalue weighted by Gasteiger charge is -2.15. The lowest BCUT2D eigenvalue weighted by Crippen LogP contribution is -2.41. The molecule has 2 amide bonds. The fourth-order valence-electron chi connectivity index (χ4n) is 2.68. The highest BCUT2D eigenvalue weighted by Gasteiger charge is 2.39. The quantitative estimate of drug-likeness (QED) is 0.555. The van der Waals surface area contributed by atoms with E-state index in [-0.39, 0.29) is 18.2 Å². The number of fused-ring (bicyclic) bond motifs is 1. The maximum absolute atomic E-state index is 13.0. The molecule has 2 aromatic carbocycles. The van der Waals surface area contributed by atoms with Gasteiger partial charge in [-0.05, 0) is 36.4 Å². The molecule has 126 valence electrons. The Morgan fingerprint density at radius 2 is 1.88 bits per heavy atom. The third-order valence-corrected chi connectivity index (χ3v) is 4.83. The van der Waals surface area contributed by atoms with E-state index in [2.05, 4.69) is 15.8 Å². The minimum Gasteiger partial charge on any atom is -0.296 e. The number of anilines is 2. The number of hydrazine groups is 1. The van der Waals surface area contributed by atoms with Crippen molar-refractivity contribution < 1.29 is 14.0 Å². The van der Waals surface area contributed by atoms with E-state index in [0.29, 0.717) is 10.8 Å². The molecule has 2 heterocycles. The standard InChI is InChI=1S/C17H13FN4O2S/c18-10-5-7-11(8-6-10)22-15(23)9-13(16(22)24)20-21-17-19-12-3-1-2-4-14(12)25-17/h1-8,13,20H,9H2,(H,19,21). The molecule has 8 heteroatoms. The third-order valence-electron chi connectivity index (χ3n) is 3.88. The summed E-state index contributed by atoms with van der Waals surface area (Å²) in [6, 6.07) is 12.2. The van der Waals surface area contributed by atoms with Gasteiger partial charge in [-0.2, -0.15) is 0 Å². The van der Waals surface area contributed by atoms with E-state index >= 15 is 0 Å². The average molecular weight is 356 g/mol. The molecule has 0 bridgehead atoms. The summed E-state index contributed by atoms with van der Waals surface area (Å²) in [5.74, 6) is -1.14. The summed E-state index contributed by atoms with van der Waals surface area (Å²) in [6.07, 6.45) is 0.0219. The lowest BCUT2D eigenvalue weighted by atomic mass is 10.2. The number of nitrogens with one attached hydrogen (secondary N) is 2. The number of carbonyl (C=O) groups is 2. The van der Waals surface area contributed by atoms with Gasteiger partial charge in [0.15, 0.2) is 5.13 Å². The molecule has 0 saturated carbocycles. The Bertz CT molecular complexity index is 924. The highest BCUT2D eigenvalue weighted by atomic mass is 32.1. The summed E-state index contributed by atoms with van der Waals surface area (Å²) < 4.78 is 14.0. The van der Waals surface area contributed by atoms with Crippen LogP contribution in [0.2, 0.25) is 0 Å². The van der Waals surface area contributed by atoms with Gasteiger partial charge < -0.3 is 0 Å². The van der Waals surface area contributed by atoms with Crippen LogP contribution in [0.3, 0.4) is 0 Å². The van der Waals surface area contributed by atoms with E-state index in [1.165, 1.54) is 35.6 Å². The predicted molar refractivity (Wildman–Crippen MR) is 93.7 cm³/mol. The molecule has 1 aliphatic rings. The van der Waals surface area contributed by atoms with Gasteiger partial charge in [0, 0.05) is 0 Å². The van der Waals surface area contributed by atoms with Gasteiger partial charge in [0.2, 0.25) is 5.91 Å². The third kappa shape index (κ3) is 2.97. The lowest BCUT2D eigenvalue weighted by molar-refractivity contribution is -0.121. The molecule has 0 spiro atoms. The van der Waals surface area contributed by atoms with E-state index in [1.54, 1.807) is 0 Å². The zero-order chi connectivity index (χ0) is 17.4. The minimum atomic E-state index is -0.704. The smallest absolute Gasteiger partial charge is 0.253 e. The van der Waals surface area contributed by atoms with Crippen LogP contribution in [0, 0.1) is 5.82 Å². The highest BCUT2D eigenvalue weighted by Crippen LogP contribution is 2.26. The molecule has 6 nitrogen and oxygen atoms in total. The molecular formula is C17H13FN4O2S. The summed E-state index contributed by atoms with van der Waals surface area (Å²) in [5.41, 5.74) is 6.99. The maximum Gasteiger partial charge on any atom is 0.253 e. The summed E-state index contributed by atoms with van der Waals surface area (Å²) in [7, 11) is 0. The molecular weight excluding hydrogens is 343 g/mol. The molecule has 3 aromatic rings. The van der Waals surface area contributed by atoms with E-state index < -0.39 is 11.9 Å². The topological polar surface area (TPSA) is 74.3 Å². The first-order valence-electron chi connectivity index (χ1n) is 7.61. The van der Waals surface area contributed by atoms with Gasteiger partial charge in [-0.25, -0.2) is 19.7 Å². The molecule has 1 saturated heterocycles. The summed E-state index contributed by atoms with van der Waals surface area (Å²) in [5, 5.41) is 0.613. The minimum absolute atomic E-state index is 0.0219. The number of thiazole rings is 1. The number of aromatic nitrogens is 1. The molecule has 0 radical (unpaired) electrons. The number of halogens is 1. The first-order chi connectivity index (χ1) is 12.1. The monoisotopic (exact) mass is 356 g/mol. The van der Waals surface area contributed by atoms with Crippen LogP contribution in [0.5, 0.6) is 0 Å². The summed E-state index contributed by atoms with van der Waals surface area (Å²) in [4.78, 5) is 30.1. The van der Waals surface area contributed by atoms with Gasteiger partial charge in [0.05, 0.1) is 22.3 Å². The van der Waals surface area contributed by atoms with Crippen molar-refractivity contribution in [1.29, 1.82) is 0 Å². The van der Waals surface area contributed by atoms with Crippen LogP contribution in [0.15, 0.2) is 48.5 Å². The van der Waals surface area contributed by atoms with Gasteiger partial charge in [-0.3, -0.25) is 15.0 Å². The van der Waals surface area contributed by atoms with E-state index in [1.807, 2.05) is 24.3 Å². The number of hydrogen-bond acceptors (Lipinski definition) is 6. The zero-order valence-corrected chi connectivity index (χ0v) is 13.7. The van der Waals surface area contributed by atoms with Crippen molar-refractivity contribution in [2.75, 3.05) is 10.3 Å². The number of amides is 2. The summed E-state index contributed by atoms with van der Waals surface area (Å²) in [6.45, 7) is 0. The van der Waals surface area contributed by atoms with Crippen LogP contribution in [-0.4, -0.2) is 22.8 Å². The molecule has 25 heavy (non-hydrogen) atoms. The Morgan fingerprint density at radius 1 is 1.12 bits per heavy atom. The first-order valence-corrected chi connectivity index (χ1v) is 8.43. The molecule has 4 rings (SSSR count). The van der Waals surface area contributed by atoms with Crippen molar-refractivity contribution in [2.45, 2.75) is 12.5 Å². The molecule has 1 fully saturated rings. The molecule has 1 aromatic heterocycles. The highest BCUT2D eigenvalue weighted by molar-refractivity contribution is 7.22. The average Bonchev–Trinajstić information content (AvgIpc) is 3.14. The van der Waals surface area contributed by atoms with Crippen LogP contribution < -0.4 is 15.8 Å². The Labute approximate surface area is 146 Å². The number of rotatable bonds is 4. The fraction of sp³-hybridized carbons (Fsp3) is 0.118. The van der Waals surface area contributed by atoms with Crippen molar-refractivity contribution in [1.82, 2.24) is 10.4 Å². The van der Waals surface area contributed by atoms with Gasteiger partial charge >= 0.3 is 0 Å². The van der Waals surface area contributed by atoms with Gasteiger partial charge in [-0.1, -0.05) is 23.5 Å². The van der Waals surface area contributed by atoms with Crippen LogP contribution >= 0.6 is 11.3 Å². The Morgan fingerprint density at radius 3 is 2.64 bits per heavy atom. The number of imide groups is 1. The molecule has 1 aliphatic heterocycles. The summed E-state index contributed by atoms with van der Waals surface area (Å²) >= 11 is 1.45. The second-order valence-electron chi connectivity index (χ2n) is 5.56. The second-order valence-corrected chi connectivity index (χ2v) is 6.59. The number of para-hydroxylation sites is 1. The molecule has 1 atom stereocenters. The van der Waals surface area contributed by atoms with Gasteiger partial charge in [0.1, 0.15) is 11.9 Å². The molecule has 0 aliphatic carbocycles. The molecule has 2 N–H and O–H groups in total. The van der Waals surface area contributed by atoms with Crippen LogP contribution in [0.1, 0.15) is 6.42 Å².